The quantitative estimate of drug-likeness (QED) is 0.418. The zero-order chi connectivity index (χ0) is 20.2. The van der Waals surface area contributed by atoms with Gasteiger partial charge in [0.05, 0.1) is 16.5 Å². The number of fused-ring (bicyclic) bond motifs is 2. The molecule has 1 fully saturated rings. The third-order valence-corrected chi connectivity index (χ3v) is 9.02. The summed E-state index contributed by atoms with van der Waals surface area (Å²) in [6.07, 6.45) is 8.93. The van der Waals surface area contributed by atoms with Gasteiger partial charge >= 0.3 is 7.12 Å². The molecule has 26 heavy (non-hydrogen) atoms. The minimum absolute atomic E-state index is 0.0478. The van der Waals surface area contributed by atoms with Crippen LogP contribution in [-0.4, -0.2) is 46.2 Å². The van der Waals surface area contributed by atoms with Crippen LogP contribution >= 0.6 is 26.0 Å². The maximum absolute atomic E-state index is 13.8. The third-order valence-electron chi connectivity index (χ3n) is 6.00. The van der Waals surface area contributed by atoms with E-state index in [9.17, 15) is 4.79 Å². The van der Waals surface area contributed by atoms with Crippen molar-refractivity contribution in [1.82, 2.24) is 0 Å². The lowest BCUT2D eigenvalue weighted by molar-refractivity contribution is -0.128. The van der Waals surface area contributed by atoms with Gasteiger partial charge in [-0.25, -0.2) is 10.0 Å². The number of carbonyl (C=O) groups excluding carboxylic acids is 1. The summed E-state index contributed by atoms with van der Waals surface area (Å²) in [5, 5.41) is 2.22. The van der Waals surface area contributed by atoms with Crippen LogP contribution in [0.3, 0.4) is 0 Å². The summed E-state index contributed by atoms with van der Waals surface area (Å²) in [6.45, 7) is 14.7. The Morgan fingerprint density at radius 3 is 2.35 bits per heavy atom. The first kappa shape index (κ1) is 22.5. The molecule has 0 spiro atoms. The van der Waals surface area contributed by atoms with Crippen LogP contribution in [0.2, 0.25) is 6.32 Å². The lowest BCUT2D eigenvalue weighted by atomic mass is 9.75. The molecule has 2 unspecified atom stereocenters. The van der Waals surface area contributed by atoms with Crippen molar-refractivity contribution in [2.24, 2.45) is 5.41 Å². The Morgan fingerprint density at radius 2 is 1.81 bits per heavy atom. The molecule has 2 bridgehead atoms. The summed E-state index contributed by atoms with van der Waals surface area (Å²) >= 11 is 3.73. The molecule has 2 rings (SSSR count). The van der Waals surface area contributed by atoms with Crippen molar-refractivity contribution in [2.75, 3.05) is 12.5 Å². The van der Waals surface area contributed by atoms with E-state index in [1.165, 1.54) is 0 Å². The van der Waals surface area contributed by atoms with Crippen LogP contribution < -0.4 is 0 Å². The Balaban J connectivity index is 2.44. The third kappa shape index (κ3) is 4.61. The Hall–Kier alpha value is 0.225. The van der Waals surface area contributed by atoms with Gasteiger partial charge in [-0.15, -0.1) is 0 Å². The lowest BCUT2D eigenvalue weighted by Crippen LogP contribution is -2.51. The Bertz CT molecular complexity index is 594. The SMILES string of the molecule is CC(C)(Br)CC(C)(C)C(=O)C1CC2(C)OB(C/C=C/S1(C)C)OC2(C)C. The molecule has 2 atom stereocenters. The molecule has 0 N–H and O–H groups in total. The summed E-state index contributed by atoms with van der Waals surface area (Å²) in [6, 6.07) is 0. The molecular weight excluding hydrogens is 411 g/mol. The van der Waals surface area contributed by atoms with Crippen LogP contribution in [0.4, 0.5) is 0 Å². The van der Waals surface area contributed by atoms with E-state index in [0.29, 0.717) is 12.2 Å². The highest BCUT2D eigenvalue weighted by atomic mass is 79.9. The number of Topliss-reactive ketones (excluding diaryl/α,β-unsaturated/α-hetero) is 1. The maximum Gasteiger partial charge on any atom is 0.461 e. The molecule has 150 valence electrons. The maximum atomic E-state index is 13.8. The first-order chi connectivity index (χ1) is 11.5. The molecule has 0 aromatic heterocycles. The zero-order valence-corrected chi connectivity index (χ0v) is 20.3. The largest absolute Gasteiger partial charge is 0.461 e. The summed E-state index contributed by atoms with van der Waals surface area (Å²) in [7, 11) is -1.45. The van der Waals surface area contributed by atoms with E-state index in [4.69, 9.17) is 9.31 Å². The van der Waals surface area contributed by atoms with E-state index in [1.807, 2.05) is 0 Å². The highest BCUT2D eigenvalue weighted by Gasteiger charge is 2.57. The number of hydrogen-bond donors (Lipinski definition) is 0. The molecule has 2 heterocycles. The summed E-state index contributed by atoms with van der Waals surface area (Å²) in [5.41, 5.74) is -1.27. The van der Waals surface area contributed by atoms with Crippen molar-refractivity contribution in [3.8, 4) is 0 Å². The van der Waals surface area contributed by atoms with Gasteiger partial charge in [-0.05, 0) is 46.1 Å². The van der Waals surface area contributed by atoms with Gasteiger partial charge < -0.3 is 9.31 Å². The fraction of sp³-hybridized carbons (Fsp3) is 0.850. The lowest BCUT2D eigenvalue weighted by Gasteiger charge is -2.46. The van der Waals surface area contributed by atoms with Crippen molar-refractivity contribution < 1.29 is 14.1 Å². The fourth-order valence-electron chi connectivity index (χ4n) is 4.32. The number of ketones is 1. The summed E-state index contributed by atoms with van der Waals surface area (Å²) in [4.78, 5) is 13.8. The van der Waals surface area contributed by atoms with Crippen molar-refractivity contribution in [1.29, 1.82) is 0 Å². The molecule has 0 saturated carbocycles. The average Bonchev–Trinajstić information content (AvgIpc) is 2.63. The second kappa shape index (κ2) is 6.93. The molecule has 0 aliphatic carbocycles. The minimum Gasteiger partial charge on any atom is -0.403 e. The highest BCUT2D eigenvalue weighted by Crippen LogP contribution is 2.56. The molecular formula is C20H36BBrO3S. The van der Waals surface area contributed by atoms with Crippen molar-refractivity contribution in [3.05, 3.63) is 11.5 Å². The van der Waals surface area contributed by atoms with Gasteiger partial charge in [-0.2, -0.15) is 0 Å². The average molecular weight is 447 g/mol. The Morgan fingerprint density at radius 1 is 1.23 bits per heavy atom. The summed E-state index contributed by atoms with van der Waals surface area (Å²) < 4.78 is 12.5. The normalized spacial score (nSPS) is 33.8. The van der Waals surface area contributed by atoms with E-state index in [1.54, 1.807) is 0 Å². The van der Waals surface area contributed by atoms with Gasteiger partial charge in [0.1, 0.15) is 5.78 Å². The van der Waals surface area contributed by atoms with Crippen LogP contribution in [0.25, 0.3) is 0 Å². The van der Waals surface area contributed by atoms with Gasteiger partial charge in [-0.1, -0.05) is 55.1 Å². The Labute approximate surface area is 170 Å². The van der Waals surface area contributed by atoms with Crippen LogP contribution in [0.5, 0.6) is 0 Å². The number of hydrogen-bond acceptors (Lipinski definition) is 3. The van der Waals surface area contributed by atoms with Crippen LogP contribution in [-0.2, 0) is 14.1 Å². The molecule has 3 nitrogen and oxygen atoms in total. The van der Waals surface area contributed by atoms with Crippen LogP contribution in [0.15, 0.2) is 11.5 Å². The standard InChI is InChI=1S/C20H36BBrO3S/c1-17(2,14-18(3,4)22)16(23)15-13-20(7)19(5,6)24-21(25-20)11-10-12-26(15,8)9/h10,12,15H,11,13-14H2,1-9H3/b12-10+. The van der Waals surface area contributed by atoms with Gasteiger partial charge in [0.2, 0.25) is 0 Å². The molecule has 2 aliphatic rings. The minimum atomic E-state index is -1.24. The topological polar surface area (TPSA) is 35.5 Å². The molecule has 6 heteroatoms. The van der Waals surface area contributed by atoms with Gasteiger partial charge in [-0.3, -0.25) is 4.79 Å². The number of rotatable bonds is 4. The smallest absolute Gasteiger partial charge is 0.403 e. The molecule has 0 aromatic carbocycles. The van der Waals surface area contributed by atoms with Crippen molar-refractivity contribution in [2.45, 2.75) is 88.4 Å². The van der Waals surface area contributed by atoms with E-state index in [2.05, 4.69) is 88.4 Å². The summed E-state index contributed by atoms with van der Waals surface area (Å²) in [5.74, 6) is 0.348. The predicted molar refractivity (Wildman–Crippen MR) is 119 cm³/mol. The number of allylic oxidation sites excluding steroid dienone is 1. The number of carbonyl (C=O) groups is 1. The number of halogens is 1. The molecule has 1 saturated heterocycles. The first-order valence-electron chi connectivity index (χ1n) is 9.47. The molecule has 0 aromatic rings. The highest BCUT2D eigenvalue weighted by molar-refractivity contribution is 9.10. The number of alkyl halides is 1. The van der Waals surface area contributed by atoms with Crippen LogP contribution in [0, 0.1) is 5.41 Å². The monoisotopic (exact) mass is 446 g/mol. The zero-order valence-electron chi connectivity index (χ0n) is 17.9. The van der Waals surface area contributed by atoms with Gasteiger partial charge in [0.15, 0.2) is 0 Å². The van der Waals surface area contributed by atoms with E-state index < -0.39 is 26.6 Å². The van der Waals surface area contributed by atoms with Crippen molar-refractivity contribution in [3.63, 3.8) is 0 Å². The second-order valence-corrected chi connectivity index (χ2v) is 16.3. The van der Waals surface area contributed by atoms with E-state index >= 15 is 0 Å². The predicted octanol–water partition coefficient (Wildman–Crippen LogP) is 5.57. The van der Waals surface area contributed by atoms with E-state index in [0.717, 1.165) is 12.7 Å². The molecule has 0 amide bonds. The molecule has 2 aliphatic heterocycles. The fourth-order valence-corrected chi connectivity index (χ4v) is 7.44. The van der Waals surface area contributed by atoms with Gasteiger partial charge in [0, 0.05) is 16.1 Å². The Kier molecular flexibility index (Phi) is 6.00. The van der Waals surface area contributed by atoms with Crippen molar-refractivity contribution >= 4 is 38.9 Å². The van der Waals surface area contributed by atoms with Crippen LogP contribution in [0.1, 0.15) is 61.3 Å². The second-order valence-electron chi connectivity index (χ2n) is 10.3. The van der Waals surface area contributed by atoms with Gasteiger partial charge in [0.25, 0.3) is 0 Å². The van der Waals surface area contributed by atoms with E-state index in [-0.39, 0.29) is 16.7 Å². The molecule has 0 radical (unpaired) electrons. The first-order valence-corrected chi connectivity index (χ1v) is 12.8.